The summed E-state index contributed by atoms with van der Waals surface area (Å²) in [5, 5.41) is 1.89. The van der Waals surface area contributed by atoms with E-state index in [1.807, 2.05) is 5.32 Å². The number of rotatable bonds is 4. The van der Waals surface area contributed by atoms with Crippen LogP contribution in [0, 0.1) is 0 Å². The summed E-state index contributed by atoms with van der Waals surface area (Å²) in [5.41, 5.74) is -0.107. The number of carbonyl (C=O) groups excluding carboxylic acids is 2. The summed E-state index contributed by atoms with van der Waals surface area (Å²) in [6, 6.07) is 17.3. The zero-order valence-electron chi connectivity index (χ0n) is 13.3. The Morgan fingerprint density at radius 1 is 0.920 bits per heavy atom. The van der Waals surface area contributed by atoms with Crippen molar-refractivity contribution in [1.82, 2.24) is 5.32 Å². The van der Waals surface area contributed by atoms with Crippen LogP contribution in [-0.2, 0) is 14.9 Å². The maximum Gasteiger partial charge on any atom is 0.422 e. The quantitative estimate of drug-likeness (QED) is 0.911. The molecule has 132 valence electrons. The lowest BCUT2D eigenvalue weighted by atomic mass is 9.75. The Balaban J connectivity index is 2.28. The average Bonchev–Trinajstić information content (AvgIpc) is 2.60. The van der Waals surface area contributed by atoms with Gasteiger partial charge in [-0.3, -0.25) is 10.1 Å². The number of hydrogen-bond acceptors (Lipinski definition) is 3. The molecule has 0 aromatic heterocycles. The van der Waals surface area contributed by atoms with E-state index in [-0.39, 0.29) is 0 Å². The van der Waals surface area contributed by atoms with Crippen LogP contribution in [0.5, 0.6) is 0 Å². The number of imide groups is 1. The molecule has 0 aliphatic carbocycles. The number of hydrogen-bond donors (Lipinski definition) is 1. The van der Waals surface area contributed by atoms with E-state index in [9.17, 15) is 22.8 Å². The number of amides is 2. The maximum absolute atomic E-state index is 12.7. The lowest BCUT2D eigenvalue weighted by Gasteiger charge is -2.29. The van der Waals surface area contributed by atoms with Gasteiger partial charge >= 0.3 is 12.3 Å². The van der Waals surface area contributed by atoms with Crippen LogP contribution in [0.1, 0.15) is 18.1 Å². The van der Waals surface area contributed by atoms with Crippen LogP contribution >= 0.6 is 0 Å². The van der Waals surface area contributed by atoms with Gasteiger partial charge in [-0.25, -0.2) is 4.79 Å². The van der Waals surface area contributed by atoms with Crippen LogP contribution in [0.15, 0.2) is 60.7 Å². The molecular weight excluding hydrogens is 335 g/mol. The van der Waals surface area contributed by atoms with E-state index in [0.29, 0.717) is 11.1 Å². The van der Waals surface area contributed by atoms with E-state index < -0.39 is 30.2 Å². The van der Waals surface area contributed by atoms with Crippen molar-refractivity contribution in [3.8, 4) is 0 Å². The SMILES string of the molecule is CC(C(=O)NC(=O)OCC(F)(F)F)(c1ccccc1)c1ccccc1. The smallest absolute Gasteiger partial charge is 0.422 e. The second-order valence-electron chi connectivity index (χ2n) is 5.50. The molecule has 0 aliphatic rings. The minimum atomic E-state index is -4.66. The summed E-state index contributed by atoms with van der Waals surface area (Å²) >= 11 is 0. The Labute approximate surface area is 142 Å². The predicted octanol–water partition coefficient (Wildman–Crippen LogP) is 3.81. The van der Waals surface area contributed by atoms with Crippen LogP contribution in [0.3, 0.4) is 0 Å². The van der Waals surface area contributed by atoms with Gasteiger partial charge in [0.1, 0.15) is 0 Å². The Kier molecular flexibility index (Phi) is 5.46. The molecule has 0 unspecified atom stereocenters. The summed E-state index contributed by atoms with van der Waals surface area (Å²) in [4.78, 5) is 24.3. The summed E-state index contributed by atoms with van der Waals surface area (Å²) in [6.07, 6.45) is -6.11. The zero-order valence-corrected chi connectivity index (χ0v) is 13.3. The van der Waals surface area contributed by atoms with Crippen molar-refractivity contribution in [3.63, 3.8) is 0 Å². The normalized spacial score (nSPS) is 11.7. The summed E-state index contributed by atoms with van der Waals surface area (Å²) < 4.78 is 40.4. The van der Waals surface area contributed by atoms with Crippen LogP contribution in [0.2, 0.25) is 0 Å². The third-order valence-corrected chi connectivity index (χ3v) is 3.74. The standard InChI is InChI=1S/C18H16F3NO3/c1-17(13-8-4-2-5-9-13,14-10-6-3-7-11-14)15(23)22-16(24)25-12-18(19,20)21/h2-11H,12H2,1H3,(H,22,23,24). The van der Waals surface area contributed by atoms with Crippen LogP contribution in [0.4, 0.5) is 18.0 Å². The molecule has 25 heavy (non-hydrogen) atoms. The Morgan fingerprint density at radius 3 is 1.76 bits per heavy atom. The minimum absolute atomic E-state index is 0.585. The highest BCUT2D eigenvalue weighted by molar-refractivity contribution is 6.00. The fourth-order valence-electron chi connectivity index (χ4n) is 2.37. The maximum atomic E-state index is 12.7. The second kappa shape index (κ2) is 7.38. The van der Waals surface area contributed by atoms with Crippen molar-refractivity contribution in [2.24, 2.45) is 0 Å². The summed E-state index contributed by atoms with van der Waals surface area (Å²) in [5.74, 6) is -0.780. The number of alkyl halides is 3. The first-order valence-electron chi connectivity index (χ1n) is 7.39. The zero-order chi connectivity index (χ0) is 18.5. The summed E-state index contributed by atoms with van der Waals surface area (Å²) in [7, 11) is 0. The predicted molar refractivity (Wildman–Crippen MR) is 84.9 cm³/mol. The number of nitrogens with one attached hydrogen (secondary N) is 1. The van der Waals surface area contributed by atoms with Crippen molar-refractivity contribution in [2.45, 2.75) is 18.5 Å². The number of carbonyl (C=O) groups is 2. The number of ether oxygens (including phenoxy) is 1. The number of benzene rings is 2. The number of alkyl carbamates (subject to hydrolysis) is 1. The highest BCUT2D eigenvalue weighted by atomic mass is 19.4. The van der Waals surface area contributed by atoms with E-state index in [4.69, 9.17) is 0 Å². The molecular formula is C18H16F3NO3. The molecule has 0 atom stereocenters. The minimum Gasteiger partial charge on any atom is -0.440 e. The van der Waals surface area contributed by atoms with Crippen LogP contribution in [-0.4, -0.2) is 24.8 Å². The van der Waals surface area contributed by atoms with Gasteiger partial charge in [-0.1, -0.05) is 60.7 Å². The molecule has 0 fully saturated rings. The molecule has 1 N–H and O–H groups in total. The Hall–Kier alpha value is -2.83. The van der Waals surface area contributed by atoms with Crippen LogP contribution < -0.4 is 5.32 Å². The number of halogens is 3. The molecule has 2 rings (SSSR count). The molecule has 2 aromatic carbocycles. The Morgan fingerprint density at radius 2 is 1.36 bits per heavy atom. The fraction of sp³-hybridized carbons (Fsp3) is 0.222. The molecule has 0 saturated carbocycles. The van der Waals surface area contributed by atoms with Crippen molar-refractivity contribution in [1.29, 1.82) is 0 Å². The first-order valence-corrected chi connectivity index (χ1v) is 7.39. The largest absolute Gasteiger partial charge is 0.440 e. The second-order valence-corrected chi connectivity index (χ2v) is 5.50. The van der Waals surface area contributed by atoms with Crippen molar-refractivity contribution >= 4 is 12.0 Å². The van der Waals surface area contributed by atoms with E-state index >= 15 is 0 Å². The monoisotopic (exact) mass is 351 g/mol. The molecule has 2 aromatic rings. The van der Waals surface area contributed by atoms with E-state index in [1.54, 1.807) is 67.6 Å². The third kappa shape index (κ3) is 4.59. The molecule has 0 spiro atoms. The molecule has 0 saturated heterocycles. The van der Waals surface area contributed by atoms with Gasteiger partial charge in [0.2, 0.25) is 5.91 Å². The van der Waals surface area contributed by atoms with Gasteiger partial charge < -0.3 is 4.74 Å². The highest BCUT2D eigenvalue weighted by Crippen LogP contribution is 2.32. The first kappa shape index (κ1) is 18.5. The van der Waals surface area contributed by atoms with E-state index in [2.05, 4.69) is 4.74 Å². The van der Waals surface area contributed by atoms with Gasteiger partial charge in [0.15, 0.2) is 6.61 Å². The average molecular weight is 351 g/mol. The molecule has 7 heteroatoms. The first-order chi connectivity index (χ1) is 11.7. The van der Waals surface area contributed by atoms with Gasteiger partial charge in [0.05, 0.1) is 5.41 Å². The molecule has 0 aliphatic heterocycles. The van der Waals surface area contributed by atoms with Gasteiger partial charge in [0, 0.05) is 0 Å². The molecule has 4 nitrogen and oxygen atoms in total. The lowest BCUT2D eigenvalue weighted by molar-refractivity contribution is -0.161. The van der Waals surface area contributed by atoms with Crippen molar-refractivity contribution in [2.75, 3.05) is 6.61 Å². The molecule has 0 bridgehead atoms. The fourth-order valence-corrected chi connectivity index (χ4v) is 2.37. The van der Waals surface area contributed by atoms with E-state index in [0.717, 1.165) is 0 Å². The van der Waals surface area contributed by atoms with Gasteiger partial charge in [-0.2, -0.15) is 13.2 Å². The highest BCUT2D eigenvalue weighted by Gasteiger charge is 2.38. The van der Waals surface area contributed by atoms with Crippen LogP contribution in [0.25, 0.3) is 0 Å². The van der Waals surface area contributed by atoms with Crippen molar-refractivity contribution in [3.05, 3.63) is 71.8 Å². The molecule has 2 amide bonds. The van der Waals surface area contributed by atoms with Gasteiger partial charge in [-0.05, 0) is 18.1 Å². The Bertz CT molecular complexity index is 691. The van der Waals surface area contributed by atoms with Gasteiger partial charge in [0.25, 0.3) is 0 Å². The topological polar surface area (TPSA) is 55.4 Å². The molecule has 0 radical (unpaired) electrons. The summed E-state index contributed by atoms with van der Waals surface area (Å²) in [6.45, 7) is -0.177. The van der Waals surface area contributed by atoms with E-state index in [1.165, 1.54) is 0 Å². The lowest BCUT2D eigenvalue weighted by Crippen LogP contribution is -2.46. The van der Waals surface area contributed by atoms with Gasteiger partial charge in [-0.15, -0.1) is 0 Å². The third-order valence-electron chi connectivity index (χ3n) is 3.74. The van der Waals surface area contributed by atoms with Crippen molar-refractivity contribution < 1.29 is 27.5 Å². The molecule has 0 heterocycles.